The van der Waals surface area contributed by atoms with Crippen molar-refractivity contribution in [3.05, 3.63) is 53.5 Å². The monoisotopic (exact) mass is 303 g/mol. The molecule has 0 spiro atoms. The van der Waals surface area contributed by atoms with E-state index in [4.69, 9.17) is 0 Å². The Labute approximate surface area is 128 Å². The lowest BCUT2D eigenvalue weighted by Crippen LogP contribution is -2.28. The summed E-state index contributed by atoms with van der Waals surface area (Å²) < 4.78 is 0. The second-order valence-electron chi connectivity index (χ2n) is 4.70. The maximum atomic E-state index is 11.5. The molecule has 2 rings (SSSR count). The molecule has 0 aliphatic carbocycles. The van der Waals surface area contributed by atoms with E-state index in [1.165, 1.54) is 6.20 Å². The van der Waals surface area contributed by atoms with Crippen molar-refractivity contribution in [1.82, 2.24) is 9.97 Å². The van der Waals surface area contributed by atoms with Crippen LogP contribution < -0.4 is 5.32 Å². The number of carbonyl (C=O) groups excluding carboxylic acids is 1. The number of aromatic nitrogens is 2. The van der Waals surface area contributed by atoms with E-state index in [2.05, 4.69) is 27.9 Å². The molecule has 21 heavy (non-hydrogen) atoms. The summed E-state index contributed by atoms with van der Waals surface area (Å²) in [4.78, 5) is 19.7. The van der Waals surface area contributed by atoms with Crippen molar-refractivity contribution in [3.63, 3.8) is 0 Å². The molecule has 6 heteroatoms. The van der Waals surface area contributed by atoms with Crippen molar-refractivity contribution < 1.29 is 9.90 Å². The maximum absolute atomic E-state index is 11.5. The van der Waals surface area contributed by atoms with Crippen molar-refractivity contribution in [2.24, 2.45) is 0 Å². The molecule has 110 valence electrons. The number of rotatable bonds is 6. The van der Waals surface area contributed by atoms with E-state index in [0.717, 1.165) is 5.56 Å². The third kappa shape index (κ3) is 4.27. The minimum atomic E-state index is -0.408. The standard InChI is InChI=1S/C15H17N3O2S/c1-10-16-8-13(15(20)21)14(17-10)18-12(9-19)7-11-5-3-2-4-6-11/h2-6,8,12,19H,7,9H2,1H3,(H,20,21)(H,16,17,18)/t12-/m0/s1. The molecule has 0 bridgehead atoms. The molecule has 0 fully saturated rings. The molecule has 1 aromatic carbocycles. The number of hydrogen-bond donors (Lipinski definition) is 3. The molecule has 2 N–H and O–H groups in total. The van der Waals surface area contributed by atoms with Gasteiger partial charge in [0.2, 0.25) is 5.12 Å². The number of anilines is 1. The lowest BCUT2D eigenvalue weighted by atomic mass is 10.1. The summed E-state index contributed by atoms with van der Waals surface area (Å²) in [6.07, 6.45) is 2.07. The van der Waals surface area contributed by atoms with Crippen molar-refractivity contribution in [2.75, 3.05) is 11.9 Å². The summed E-state index contributed by atoms with van der Waals surface area (Å²) in [5, 5.41) is 12.2. The van der Waals surface area contributed by atoms with Crippen LogP contribution in [0.5, 0.6) is 0 Å². The van der Waals surface area contributed by atoms with Crippen LogP contribution in [-0.2, 0) is 6.42 Å². The quantitative estimate of drug-likeness (QED) is 0.710. The first kappa shape index (κ1) is 15.5. The average Bonchev–Trinajstić information content (AvgIpc) is 2.47. The lowest BCUT2D eigenvalue weighted by molar-refractivity contribution is 0.109. The highest BCUT2D eigenvalue weighted by atomic mass is 32.1. The van der Waals surface area contributed by atoms with E-state index in [1.54, 1.807) is 6.92 Å². The van der Waals surface area contributed by atoms with Gasteiger partial charge < -0.3 is 10.4 Å². The molecule has 2 aromatic rings. The first-order valence-electron chi connectivity index (χ1n) is 6.58. The van der Waals surface area contributed by atoms with Crippen LogP contribution in [0.1, 0.15) is 21.7 Å². The predicted octanol–water partition coefficient (Wildman–Crippen LogP) is 1.87. The zero-order valence-electron chi connectivity index (χ0n) is 11.7. The Morgan fingerprint density at radius 2 is 2.10 bits per heavy atom. The molecular weight excluding hydrogens is 286 g/mol. The zero-order valence-corrected chi connectivity index (χ0v) is 12.5. The Morgan fingerprint density at radius 3 is 2.71 bits per heavy atom. The minimum Gasteiger partial charge on any atom is -0.394 e. The largest absolute Gasteiger partial charge is 0.394 e. The summed E-state index contributed by atoms with van der Waals surface area (Å²) >= 11 is 3.82. The summed E-state index contributed by atoms with van der Waals surface area (Å²) in [5.74, 6) is 0.949. The normalized spacial score (nSPS) is 12.0. The topological polar surface area (TPSA) is 75.1 Å². The Hall–Kier alpha value is -1.92. The van der Waals surface area contributed by atoms with Gasteiger partial charge in [-0.3, -0.25) is 4.79 Å². The molecule has 1 heterocycles. The molecule has 1 aromatic heterocycles. The van der Waals surface area contributed by atoms with Crippen molar-refractivity contribution in [3.8, 4) is 0 Å². The molecule has 0 amide bonds. The number of aliphatic hydroxyl groups excluding tert-OH is 1. The van der Waals surface area contributed by atoms with Crippen LogP contribution in [0.25, 0.3) is 0 Å². The average molecular weight is 303 g/mol. The van der Waals surface area contributed by atoms with Gasteiger partial charge in [0.25, 0.3) is 0 Å². The zero-order chi connectivity index (χ0) is 15.2. The maximum Gasteiger partial charge on any atom is 0.221 e. The van der Waals surface area contributed by atoms with Crippen molar-refractivity contribution in [2.45, 2.75) is 19.4 Å². The fourth-order valence-electron chi connectivity index (χ4n) is 1.99. The summed E-state index contributed by atoms with van der Waals surface area (Å²) in [6, 6.07) is 9.56. The Bertz CT molecular complexity index is 620. The van der Waals surface area contributed by atoms with E-state index in [1.807, 2.05) is 30.3 Å². The van der Waals surface area contributed by atoms with Crippen LogP contribution in [0.4, 0.5) is 5.82 Å². The number of hydrogen-bond acceptors (Lipinski definition) is 5. The van der Waals surface area contributed by atoms with Gasteiger partial charge in [-0.1, -0.05) is 30.3 Å². The van der Waals surface area contributed by atoms with Gasteiger partial charge in [-0.25, -0.2) is 9.97 Å². The van der Waals surface area contributed by atoms with Crippen LogP contribution in [0.3, 0.4) is 0 Å². The van der Waals surface area contributed by atoms with Gasteiger partial charge in [-0.05, 0) is 18.9 Å². The molecule has 0 radical (unpaired) electrons. The molecule has 1 atom stereocenters. The summed E-state index contributed by atoms with van der Waals surface area (Å²) in [6.45, 7) is 1.67. The third-order valence-corrected chi connectivity index (χ3v) is 3.27. The van der Waals surface area contributed by atoms with Crippen LogP contribution in [-0.4, -0.2) is 32.8 Å². The molecule has 0 unspecified atom stereocenters. The van der Waals surface area contributed by atoms with Gasteiger partial charge in [-0.15, -0.1) is 12.6 Å². The minimum absolute atomic E-state index is 0.0713. The van der Waals surface area contributed by atoms with E-state index < -0.39 is 5.12 Å². The molecule has 0 aliphatic heterocycles. The van der Waals surface area contributed by atoms with Gasteiger partial charge in [-0.2, -0.15) is 0 Å². The number of aryl methyl sites for hydroxylation is 1. The number of thiol groups is 1. The van der Waals surface area contributed by atoms with Crippen LogP contribution in [0, 0.1) is 6.92 Å². The number of nitrogens with zero attached hydrogens (tertiary/aromatic N) is 2. The molecule has 0 aliphatic rings. The SMILES string of the molecule is Cc1ncc(C(=O)S)c(N[C@H](CO)Cc2ccccc2)n1. The Morgan fingerprint density at radius 1 is 1.38 bits per heavy atom. The van der Waals surface area contributed by atoms with Gasteiger partial charge >= 0.3 is 0 Å². The van der Waals surface area contributed by atoms with Crippen molar-refractivity contribution in [1.29, 1.82) is 0 Å². The Kier molecular flexibility index (Phi) is 5.30. The third-order valence-electron chi connectivity index (χ3n) is 3.03. The second-order valence-corrected chi connectivity index (χ2v) is 5.10. The smallest absolute Gasteiger partial charge is 0.221 e. The highest BCUT2D eigenvalue weighted by Gasteiger charge is 2.15. The molecule has 0 saturated heterocycles. The fraction of sp³-hybridized carbons (Fsp3) is 0.267. The van der Waals surface area contributed by atoms with Gasteiger partial charge in [0.15, 0.2) is 0 Å². The Balaban J connectivity index is 2.18. The summed E-state index contributed by atoms with van der Waals surface area (Å²) in [7, 11) is 0. The second kappa shape index (κ2) is 7.19. The number of aliphatic hydroxyl groups is 1. The first-order chi connectivity index (χ1) is 10.1. The van der Waals surface area contributed by atoms with Gasteiger partial charge in [0.1, 0.15) is 11.6 Å². The number of nitrogens with one attached hydrogen (secondary N) is 1. The number of benzene rings is 1. The van der Waals surface area contributed by atoms with Crippen LogP contribution in [0.15, 0.2) is 36.5 Å². The van der Waals surface area contributed by atoms with Crippen LogP contribution in [0.2, 0.25) is 0 Å². The van der Waals surface area contributed by atoms with E-state index in [0.29, 0.717) is 23.6 Å². The van der Waals surface area contributed by atoms with E-state index in [9.17, 15) is 9.90 Å². The molecule has 5 nitrogen and oxygen atoms in total. The molecule has 0 saturated carbocycles. The lowest BCUT2D eigenvalue weighted by Gasteiger charge is -2.18. The fourth-order valence-corrected chi connectivity index (χ4v) is 2.15. The highest BCUT2D eigenvalue weighted by molar-refractivity contribution is 7.97. The van der Waals surface area contributed by atoms with Crippen molar-refractivity contribution >= 4 is 23.6 Å². The van der Waals surface area contributed by atoms with Gasteiger partial charge in [0, 0.05) is 6.20 Å². The van der Waals surface area contributed by atoms with E-state index in [-0.39, 0.29) is 12.6 Å². The summed E-state index contributed by atoms with van der Waals surface area (Å²) in [5.41, 5.74) is 1.39. The molecular formula is C15H17N3O2S. The van der Waals surface area contributed by atoms with Gasteiger partial charge in [0.05, 0.1) is 18.2 Å². The van der Waals surface area contributed by atoms with E-state index >= 15 is 0 Å². The first-order valence-corrected chi connectivity index (χ1v) is 7.03. The number of carbonyl (C=O) groups is 1. The van der Waals surface area contributed by atoms with Crippen LogP contribution >= 0.6 is 12.6 Å². The highest BCUT2D eigenvalue weighted by Crippen LogP contribution is 2.16. The predicted molar refractivity (Wildman–Crippen MR) is 84.7 cm³/mol.